The minimum atomic E-state index is -0.353. The van der Waals surface area contributed by atoms with E-state index in [1.165, 1.54) is 0 Å². The van der Waals surface area contributed by atoms with Crippen molar-refractivity contribution in [1.29, 1.82) is 0 Å². The van der Waals surface area contributed by atoms with Gasteiger partial charge in [-0.3, -0.25) is 9.59 Å². The lowest BCUT2D eigenvalue weighted by molar-refractivity contribution is 0.0725. The number of rotatable bonds is 9. The summed E-state index contributed by atoms with van der Waals surface area (Å²) in [7, 11) is 0. The Hall–Kier alpha value is -3.22. The molecule has 0 aromatic heterocycles. The van der Waals surface area contributed by atoms with Gasteiger partial charge in [-0.1, -0.05) is 12.1 Å². The van der Waals surface area contributed by atoms with E-state index in [-0.39, 0.29) is 11.8 Å². The fourth-order valence-corrected chi connectivity index (χ4v) is 3.76. The summed E-state index contributed by atoms with van der Waals surface area (Å²) in [5.41, 5.74) is 1.34. The molecule has 32 heavy (non-hydrogen) atoms. The molecule has 7 nitrogen and oxygen atoms in total. The van der Waals surface area contributed by atoms with Crippen molar-refractivity contribution in [2.24, 2.45) is 0 Å². The molecule has 0 saturated carbocycles. The molecule has 7 heteroatoms. The first-order valence-corrected chi connectivity index (χ1v) is 11.3. The van der Waals surface area contributed by atoms with E-state index in [2.05, 4.69) is 5.32 Å². The van der Waals surface area contributed by atoms with Crippen LogP contribution in [0.25, 0.3) is 0 Å². The molecule has 1 heterocycles. The van der Waals surface area contributed by atoms with Crippen molar-refractivity contribution in [2.75, 3.05) is 38.2 Å². The van der Waals surface area contributed by atoms with Gasteiger partial charge in [0.25, 0.3) is 11.8 Å². The number of nitrogens with one attached hydrogen (secondary N) is 1. The number of hydrogen-bond acceptors (Lipinski definition) is 5. The molecule has 2 amide bonds. The Kier molecular flexibility index (Phi) is 8.36. The summed E-state index contributed by atoms with van der Waals surface area (Å²) >= 11 is 0. The molecule has 3 rings (SSSR count). The van der Waals surface area contributed by atoms with Gasteiger partial charge >= 0.3 is 0 Å². The van der Waals surface area contributed by atoms with Crippen LogP contribution in [0.4, 0.5) is 5.69 Å². The number of hydrogen-bond donors (Lipinski definition) is 1. The maximum absolute atomic E-state index is 13.2. The third-order valence-corrected chi connectivity index (χ3v) is 5.22. The van der Waals surface area contributed by atoms with Crippen molar-refractivity contribution >= 4 is 17.5 Å². The predicted octanol–water partition coefficient (Wildman–Crippen LogP) is 4.76. The first-order valence-electron chi connectivity index (χ1n) is 11.3. The zero-order valence-corrected chi connectivity index (χ0v) is 19.1. The van der Waals surface area contributed by atoms with Gasteiger partial charge in [0.15, 0.2) is 11.5 Å². The third-order valence-electron chi connectivity index (χ3n) is 5.22. The standard InChI is InChI=1S/C25H32N2O5/c1-4-30-21-16-18(17-22(31-5-2)23(21)32-6-3)24(28)26-20-13-9-8-12-19(20)25(29)27-14-10-7-11-15-27/h8-9,12-13,16-17H,4-7,10-11,14-15H2,1-3H3,(H,26,28). The van der Waals surface area contributed by atoms with Crippen molar-refractivity contribution in [3.63, 3.8) is 0 Å². The minimum absolute atomic E-state index is 0.0581. The Balaban J connectivity index is 1.89. The number of benzene rings is 2. The number of nitrogens with zero attached hydrogens (tertiary/aromatic N) is 1. The molecule has 2 aromatic carbocycles. The summed E-state index contributed by atoms with van der Waals surface area (Å²) in [6.07, 6.45) is 3.16. The Morgan fingerprint density at radius 2 is 1.47 bits per heavy atom. The predicted molar refractivity (Wildman–Crippen MR) is 124 cm³/mol. The first kappa shape index (κ1) is 23.4. The van der Waals surface area contributed by atoms with E-state index in [4.69, 9.17) is 14.2 Å². The van der Waals surface area contributed by atoms with Gasteiger partial charge in [0.05, 0.1) is 31.1 Å². The number of carbonyl (C=O) groups excluding carboxylic acids is 2. The summed E-state index contributed by atoms with van der Waals surface area (Å²) in [4.78, 5) is 28.1. The highest BCUT2D eigenvalue weighted by molar-refractivity contribution is 6.09. The zero-order chi connectivity index (χ0) is 22.9. The molecule has 0 spiro atoms. The molecule has 1 saturated heterocycles. The number of para-hydroxylation sites is 1. The topological polar surface area (TPSA) is 77.1 Å². The van der Waals surface area contributed by atoms with E-state index in [1.54, 1.807) is 30.3 Å². The minimum Gasteiger partial charge on any atom is -0.490 e. The molecule has 1 aliphatic heterocycles. The molecule has 0 atom stereocenters. The van der Waals surface area contributed by atoms with Crippen molar-refractivity contribution in [2.45, 2.75) is 40.0 Å². The number of likely N-dealkylation sites (tertiary alicyclic amines) is 1. The molecule has 1 N–H and O–H groups in total. The van der Waals surface area contributed by atoms with E-state index in [0.29, 0.717) is 53.9 Å². The monoisotopic (exact) mass is 440 g/mol. The maximum Gasteiger partial charge on any atom is 0.255 e. The van der Waals surface area contributed by atoms with Crippen molar-refractivity contribution < 1.29 is 23.8 Å². The first-order chi connectivity index (χ1) is 15.6. The van der Waals surface area contributed by atoms with Crippen LogP contribution in [0.3, 0.4) is 0 Å². The van der Waals surface area contributed by atoms with Crippen LogP contribution in [0.5, 0.6) is 17.2 Å². The second kappa shape index (κ2) is 11.4. The SMILES string of the molecule is CCOc1cc(C(=O)Nc2ccccc2C(=O)N2CCCCC2)cc(OCC)c1OCC. The lowest BCUT2D eigenvalue weighted by atomic mass is 10.1. The van der Waals surface area contributed by atoms with Crippen LogP contribution >= 0.6 is 0 Å². The number of ether oxygens (including phenoxy) is 3. The van der Waals surface area contributed by atoms with Gasteiger partial charge in [-0.05, 0) is 64.3 Å². The second-order valence-electron chi connectivity index (χ2n) is 7.45. The number of anilines is 1. The molecule has 0 radical (unpaired) electrons. The molecule has 0 aliphatic carbocycles. The molecular weight excluding hydrogens is 408 g/mol. The van der Waals surface area contributed by atoms with Gasteiger partial charge in [0, 0.05) is 18.7 Å². The maximum atomic E-state index is 13.2. The van der Waals surface area contributed by atoms with E-state index < -0.39 is 0 Å². The Morgan fingerprint density at radius 3 is 2.06 bits per heavy atom. The lowest BCUT2D eigenvalue weighted by Gasteiger charge is -2.27. The fraction of sp³-hybridized carbons (Fsp3) is 0.440. The van der Waals surface area contributed by atoms with Crippen molar-refractivity contribution in [3.8, 4) is 17.2 Å². The van der Waals surface area contributed by atoms with Crippen LogP contribution in [-0.2, 0) is 0 Å². The zero-order valence-electron chi connectivity index (χ0n) is 19.1. The summed E-state index contributed by atoms with van der Waals surface area (Å²) in [5.74, 6) is 0.964. The van der Waals surface area contributed by atoms with Crippen LogP contribution in [0.2, 0.25) is 0 Å². The smallest absolute Gasteiger partial charge is 0.255 e. The Labute approximate surface area is 189 Å². The van der Waals surface area contributed by atoms with Crippen molar-refractivity contribution in [1.82, 2.24) is 4.90 Å². The normalized spacial score (nSPS) is 13.4. The molecule has 1 aliphatic rings. The number of piperidine rings is 1. The highest BCUT2D eigenvalue weighted by atomic mass is 16.5. The van der Waals surface area contributed by atoms with Crippen LogP contribution < -0.4 is 19.5 Å². The van der Waals surface area contributed by atoms with Gasteiger partial charge in [-0.25, -0.2) is 0 Å². The third kappa shape index (κ3) is 5.52. The van der Waals surface area contributed by atoms with Gasteiger partial charge in [0.1, 0.15) is 0 Å². The Morgan fingerprint density at radius 1 is 0.875 bits per heavy atom. The highest BCUT2D eigenvalue weighted by Crippen LogP contribution is 2.39. The second-order valence-corrected chi connectivity index (χ2v) is 7.45. The quantitative estimate of drug-likeness (QED) is 0.608. The summed E-state index contributed by atoms with van der Waals surface area (Å²) < 4.78 is 17.1. The number of amides is 2. The van der Waals surface area contributed by atoms with Crippen LogP contribution in [0.1, 0.15) is 60.7 Å². The van der Waals surface area contributed by atoms with E-state index in [9.17, 15) is 9.59 Å². The van der Waals surface area contributed by atoms with Gasteiger partial charge < -0.3 is 24.4 Å². The summed E-state index contributed by atoms with van der Waals surface area (Å²) in [5, 5.41) is 2.90. The van der Waals surface area contributed by atoms with Gasteiger partial charge in [-0.2, -0.15) is 0 Å². The molecule has 0 unspecified atom stereocenters. The molecular formula is C25H32N2O5. The van der Waals surface area contributed by atoms with Crippen LogP contribution in [0, 0.1) is 0 Å². The lowest BCUT2D eigenvalue weighted by Crippen LogP contribution is -2.36. The van der Waals surface area contributed by atoms with Crippen molar-refractivity contribution in [3.05, 3.63) is 47.5 Å². The molecule has 172 valence electrons. The highest BCUT2D eigenvalue weighted by Gasteiger charge is 2.23. The van der Waals surface area contributed by atoms with Gasteiger partial charge in [-0.15, -0.1) is 0 Å². The van der Waals surface area contributed by atoms with E-state index in [0.717, 1.165) is 32.4 Å². The van der Waals surface area contributed by atoms with E-state index >= 15 is 0 Å². The molecule has 0 bridgehead atoms. The molecule has 2 aromatic rings. The number of carbonyl (C=O) groups is 2. The van der Waals surface area contributed by atoms with Crippen LogP contribution in [0.15, 0.2) is 36.4 Å². The average Bonchev–Trinajstić information content (AvgIpc) is 2.81. The van der Waals surface area contributed by atoms with Crippen LogP contribution in [-0.4, -0.2) is 49.6 Å². The summed E-state index contributed by atoms with van der Waals surface area (Å²) in [6, 6.07) is 10.4. The summed E-state index contributed by atoms with van der Waals surface area (Å²) in [6.45, 7) is 8.38. The van der Waals surface area contributed by atoms with E-state index in [1.807, 2.05) is 31.7 Å². The Bertz CT molecular complexity index is 911. The molecule has 1 fully saturated rings. The largest absolute Gasteiger partial charge is 0.490 e. The fourth-order valence-electron chi connectivity index (χ4n) is 3.76. The average molecular weight is 441 g/mol. The van der Waals surface area contributed by atoms with Gasteiger partial charge in [0.2, 0.25) is 5.75 Å².